The monoisotopic (exact) mass is 282 g/mol. The lowest BCUT2D eigenvalue weighted by Crippen LogP contribution is -2.13. The zero-order valence-electron chi connectivity index (χ0n) is 10.0. The van der Waals surface area contributed by atoms with Crippen LogP contribution in [0.5, 0.6) is 0 Å². The number of alkyl halides is 1. The molecule has 0 atom stereocenters. The summed E-state index contributed by atoms with van der Waals surface area (Å²) in [6.45, 7) is 0. The average molecular weight is 283 g/mol. The third-order valence-corrected chi connectivity index (χ3v) is 4.84. The molecule has 1 aliphatic carbocycles. The van der Waals surface area contributed by atoms with Gasteiger partial charge in [0.2, 0.25) is 0 Å². The molecule has 3 rings (SSSR count). The van der Waals surface area contributed by atoms with Crippen molar-refractivity contribution in [1.82, 2.24) is 9.97 Å². The van der Waals surface area contributed by atoms with Gasteiger partial charge >= 0.3 is 0 Å². The Balaban J connectivity index is 2.10. The van der Waals surface area contributed by atoms with Crippen LogP contribution in [0, 0.1) is 0 Å². The van der Waals surface area contributed by atoms with Gasteiger partial charge in [0.15, 0.2) is 0 Å². The number of nitrogens with one attached hydrogen (secondary N) is 1. The van der Waals surface area contributed by atoms with Crippen molar-refractivity contribution in [1.29, 1.82) is 0 Å². The normalized spacial score (nSPS) is 17.4. The highest BCUT2D eigenvalue weighted by molar-refractivity contribution is 7.16. The van der Waals surface area contributed by atoms with E-state index < -0.39 is 0 Å². The van der Waals surface area contributed by atoms with Gasteiger partial charge in [0.25, 0.3) is 5.56 Å². The lowest BCUT2D eigenvalue weighted by molar-refractivity contribution is 0.446. The molecule has 1 saturated carbocycles. The van der Waals surface area contributed by atoms with E-state index in [4.69, 9.17) is 11.6 Å². The van der Waals surface area contributed by atoms with Crippen LogP contribution in [0.2, 0.25) is 0 Å². The molecule has 0 aromatic carbocycles. The van der Waals surface area contributed by atoms with Gasteiger partial charge in [-0.25, -0.2) is 4.98 Å². The fourth-order valence-electron chi connectivity index (χ4n) is 2.79. The van der Waals surface area contributed by atoms with E-state index >= 15 is 0 Å². The first-order chi connectivity index (χ1) is 8.79. The van der Waals surface area contributed by atoms with E-state index in [1.165, 1.54) is 37.7 Å². The van der Waals surface area contributed by atoms with Crippen LogP contribution < -0.4 is 5.56 Å². The summed E-state index contributed by atoms with van der Waals surface area (Å²) in [5, 5.41) is 2.90. The van der Waals surface area contributed by atoms with Crippen LogP contribution in [0.4, 0.5) is 0 Å². The Morgan fingerprint density at radius 1 is 1.39 bits per heavy atom. The number of fused-ring (bicyclic) bond motifs is 1. The lowest BCUT2D eigenvalue weighted by Gasteiger charge is -2.20. The Morgan fingerprint density at radius 2 is 2.17 bits per heavy atom. The molecule has 96 valence electrons. The Bertz CT molecular complexity index is 613. The van der Waals surface area contributed by atoms with Gasteiger partial charge in [-0.05, 0) is 29.7 Å². The van der Waals surface area contributed by atoms with Crippen molar-refractivity contribution in [2.75, 3.05) is 0 Å². The minimum atomic E-state index is -0.0301. The molecular formula is C13H15ClN2OS. The largest absolute Gasteiger partial charge is 0.309 e. The van der Waals surface area contributed by atoms with E-state index in [-0.39, 0.29) is 11.4 Å². The standard InChI is InChI=1S/C13H15ClN2OS/c14-6-10-15-12(17)11-9(7-18-13(11)16-10)8-4-2-1-3-5-8/h7-8H,1-6H2,(H,15,16,17). The molecule has 0 spiro atoms. The summed E-state index contributed by atoms with van der Waals surface area (Å²) in [4.78, 5) is 20.1. The van der Waals surface area contributed by atoms with E-state index in [0.29, 0.717) is 11.7 Å². The molecule has 0 saturated heterocycles. The molecule has 5 heteroatoms. The molecule has 2 aromatic heterocycles. The van der Waals surface area contributed by atoms with Crippen molar-refractivity contribution in [3.05, 3.63) is 27.1 Å². The molecule has 0 unspecified atom stereocenters. The van der Waals surface area contributed by atoms with Crippen molar-refractivity contribution in [3.8, 4) is 0 Å². The van der Waals surface area contributed by atoms with Crippen LogP contribution in [0.25, 0.3) is 10.2 Å². The number of aromatic nitrogens is 2. The minimum Gasteiger partial charge on any atom is -0.309 e. The maximum Gasteiger partial charge on any atom is 0.259 e. The van der Waals surface area contributed by atoms with Gasteiger partial charge in [0, 0.05) is 0 Å². The second kappa shape index (κ2) is 5.02. The minimum absolute atomic E-state index is 0.0301. The number of rotatable bonds is 2. The first-order valence-electron chi connectivity index (χ1n) is 6.36. The molecule has 18 heavy (non-hydrogen) atoms. The fourth-order valence-corrected chi connectivity index (χ4v) is 3.96. The predicted molar refractivity (Wildman–Crippen MR) is 75.6 cm³/mol. The number of thiophene rings is 1. The third kappa shape index (κ3) is 2.08. The Labute approximate surface area is 114 Å². The summed E-state index contributed by atoms with van der Waals surface area (Å²) in [7, 11) is 0. The smallest absolute Gasteiger partial charge is 0.259 e. The topological polar surface area (TPSA) is 45.8 Å². The number of aromatic amines is 1. The van der Waals surface area contributed by atoms with E-state index in [0.717, 1.165) is 10.2 Å². The van der Waals surface area contributed by atoms with E-state index in [1.807, 2.05) is 0 Å². The lowest BCUT2D eigenvalue weighted by atomic mass is 9.84. The van der Waals surface area contributed by atoms with Crippen LogP contribution in [-0.2, 0) is 5.88 Å². The van der Waals surface area contributed by atoms with Gasteiger partial charge in [0.1, 0.15) is 10.7 Å². The van der Waals surface area contributed by atoms with E-state index in [9.17, 15) is 4.79 Å². The van der Waals surface area contributed by atoms with Crippen LogP contribution in [-0.4, -0.2) is 9.97 Å². The number of hydrogen-bond acceptors (Lipinski definition) is 3. The molecule has 0 bridgehead atoms. The molecule has 1 N–H and O–H groups in total. The second-order valence-electron chi connectivity index (χ2n) is 4.85. The highest BCUT2D eigenvalue weighted by Gasteiger charge is 2.21. The summed E-state index contributed by atoms with van der Waals surface area (Å²) < 4.78 is 0. The van der Waals surface area contributed by atoms with Gasteiger partial charge in [-0.2, -0.15) is 0 Å². The van der Waals surface area contributed by atoms with Crippen molar-refractivity contribution in [3.63, 3.8) is 0 Å². The molecule has 2 heterocycles. The molecule has 0 radical (unpaired) electrons. The van der Waals surface area contributed by atoms with Gasteiger partial charge in [-0.3, -0.25) is 4.79 Å². The zero-order valence-corrected chi connectivity index (χ0v) is 11.6. The van der Waals surface area contributed by atoms with Gasteiger partial charge < -0.3 is 4.98 Å². The maximum atomic E-state index is 12.1. The van der Waals surface area contributed by atoms with E-state index in [2.05, 4.69) is 15.3 Å². The number of hydrogen-bond donors (Lipinski definition) is 1. The average Bonchev–Trinajstić information content (AvgIpc) is 2.84. The molecule has 1 fully saturated rings. The van der Waals surface area contributed by atoms with Crippen LogP contribution in [0.1, 0.15) is 49.4 Å². The molecule has 3 nitrogen and oxygen atoms in total. The van der Waals surface area contributed by atoms with Crippen molar-refractivity contribution in [2.45, 2.75) is 43.9 Å². The SMILES string of the molecule is O=c1[nH]c(CCl)nc2scc(C3CCCCC3)c12. The van der Waals surface area contributed by atoms with Gasteiger partial charge in [-0.1, -0.05) is 19.3 Å². The first kappa shape index (κ1) is 12.2. The molecular weight excluding hydrogens is 268 g/mol. The van der Waals surface area contributed by atoms with Crippen molar-refractivity contribution < 1.29 is 0 Å². The molecule has 1 aliphatic rings. The summed E-state index contributed by atoms with van der Waals surface area (Å²) >= 11 is 7.29. The molecule has 0 aliphatic heterocycles. The highest BCUT2D eigenvalue weighted by Crippen LogP contribution is 2.37. The zero-order chi connectivity index (χ0) is 12.5. The first-order valence-corrected chi connectivity index (χ1v) is 7.77. The second-order valence-corrected chi connectivity index (χ2v) is 5.98. The Hall–Kier alpha value is -0.870. The Kier molecular flexibility index (Phi) is 3.39. The van der Waals surface area contributed by atoms with Crippen molar-refractivity contribution in [2.24, 2.45) is 0 Å². The molecule has 0 amide bonds. The summed E-state index contributed by atoms with van der Waals surface area (Å²) in [5.41, 5.74) is 1.17. The van der Waals surface area contributed by atoms with Gasteiger partial charge in [0.05, 0.1) is 11.3 Å². The fraction of sp³-hybridized carbons (Fsp3) is 0.538. The maximum absolute atomic E-state index is 12.1. The number of nitrogens with zero attached hydrogens (tertiary/aromatic N) is 1. The predicted octanol–water partition coefficient (Wildman–Crippen LogP) is 3.77. The Morgan fingerprint density at radius 3 is 2.89 bits per heavy atom. The molecule has 2 aromatic rings. The van der Waals surface area contributed by atoms with Gasteiger partial charge in [-0.15, -0.1) is 22.9 Å². The van der Waals surface area contributed by atoms with Crippen molar-refractivity contribution >= 4 is 33.2 Å². The van der Waals surface area contributed by atoms with Crippen LogP contribution in [0.3, 0.4) is 0 Å². The van der Waals surface area contributed by atoms with Crippen LogP contribution >= 0.6 is 22.9 Å². The van der Waals surface area contributed by atoms with Crippen LogP contribution in [0.15, 0.2) is 10.2 Å². The summed E-state index contributed by atoms with van der Waals surface area (Å²) in [6, 6.07) is 0. The van der Waals surface area contributed by atoms with E-state index in [1.54, 1.807) is 11.3 Å². The number of H-pyrrole nitrogens is 1. The highest BCUT2D eigenvalue weighted by atomic mass is 35.5. The summed E-state index contributed by atoms with van der Waals surface area (Å²) in [6.07, 6.45) is 6.26. The summed E-state index contributed by atoms with van der Waals surface area (Å²) in [5.74, 6) is 1.35. The quantitative estimate of drug-likeness (QED) is 0.852. The third-order valence-electron chi connectivity index (χ3n) is 3.69. The number of halogens is 1.